The topological polar surface area (TPSA) is 114 Å². The predicted molar refractivity (Wildman–Crippen MR) is 124 cm³/mol. The maximum Gasteiger partial charge on any atom is 0.293 e. The van der Waals surface area contributed by atoms with E-state index >= 15 is 0 Å². The van der Waals surface area contributed by atoms with E-state index in [2.05, 4.69) is 10.6 Å². The average molecular weight is 488 g/mol. The second-order valence-corrected chi connectivity index (χ2v) is 9.07. The maximum atomic E-state index is 12.6. The van der Waals surface area contributed by atoms with Crippen LogP contribution in [0.2, 0.25) is 0 Å². The molecule has 4 rings (SSSR count). The largest absolute Gasteiger partial charge is 0.454 e. The molecule has 0 spiro atoms. The molecule has 2 aliphatic heterocycles. The number of benzene rings is 1. The normalized spacial score (nSPS) is 15.9. The molecule has 0 bridgehead atoms. The Bertz CT molecular complexity index is 1100. The molecule has 9 nitrogen and oxygen atoms in total. The molecule has 0 unspecified atom stereocenters. The number of carbonyl (C=O) groups is 4. The van der Waals surface area contributed by atoms with Gasteiger partial charge in [-0.05, 0) is 53.4 Å². The molecule has 1 aromatic heterocycles. The monoisotopic (exact) mass is 487 g/mol. The van der Waals surface area contributed by atoms with Crippen LogP contribution < -0.4 is 20.1 Å². The molecule has 11 heteroatoms. The minimum Gasteiger partial charge on any atom is -0.454 e. The number of hydrogen-bond acceptors (Lipinski definition) is 8. The summed E-state index contributed by atoms with van der Waals surface area (Å²) in [6, 6.07) is 8.82. The van der Waals surface area contributed by atoms with Crippen LogP contribution in [-0.4, -0.2) is 54.3 Å². The Morgan fingerprint density at radius 1 is 1.09 bits per heavy atom. The lowest BCUT2D eigenvalue weighted by molar-refractivity contribution is -0.124. The van der Waals surface area contributed by atoms with Crippen LogP contribution in [-0.2, 0) is 9.59 Å². The molecule has 0 atom stereocenters. The number of rotatable bonds is 9. The zero-order chi connectivity index (χ0) is 23.2. The fourth-order valence-corrected chi connectivity index (χ4v) is 4.69. The van der Waals surface area contributed by atoms with Crippen molar-refractivity contribution < 1.29 is 28.7 Å². The molecule has 2 N–H and O–H groups in total. The van der Waals surface area contributed by atoms with E-state index in [4.69, 9.17) is 9.47 Å². The highest BCUT2D eigenvalue weighted by Gasteiger charge is 2.34. The lowest BCUT2D eigenvalue weighted by Gasteiger charge is -2.13. The standard InChI is InChI=1S/C22H21N3O6S2/c26-19(4-1-7-24-20(27)17-3-2-10-32-17)23-8-9-25-21(28)18(33-22(25)29)12-14-5-6-15-16(11-14)31-13-30-15/h2-3,5-6,10-12H,1,4,7-9,13H2,(H,23,26)(H,24,27)/b18-12-. The Morgan fingerprint density at radius 3 is 2.76 bits per heavy atom. The van der Waals surface area contributed by atoms with Gasteiger partial charge in [0.2, 0.25) is 12.7 Å². The van der Waals surface area contributed by atoms with Crippen molar-refractivity contribution in [2.75, 3.05) is 26.4 Å². The minimum atomic E-state index is -0.395. The number of nitrogens with one attached hydrogen (secondary N) is 2. The van der Waals surface area contributed by atoms with Crippen molar-refractivity contribution in [3.05, 3.63) is 51.1 Å². The van der Waals surface area contributed by atoms with Gasteiger partial charge in [0.25, 0.3) is 17.1 Å². The summed E-state index contributed by atoms with van der Waals surface area (Å²) < 4.78 is 10.6. The third kappa shape index (κ3) is 5.74. The Hall–Kier alpha value is -3.31. The summed E-state index contributed by atoms with van der Waals surface area (Å²) in [5.41, 5.74) is 0.726. The fourth-order valence-electron chi connectivity index (χ4n) is 3.19. The second kappa shape index (κ2) is 10.5. The summed E-state index contributed by atoms with van der Waals surface area (Å²) in [6.07, 6.45) is 2.36. The number of fused-ring (bicyclic) bond motifs is 1. The smallest absolute Gasteiger partial charge is 0.293 e. The Kier molecular flexibility index (Phi) is 7.30. The Balaban J connectivity index is 1.18. The van der Waals surface area contributed by atoms with Crippen LogP contribution in [0.4, 0.5) is 4.79 Å². The summed E-state index contributed by atoms with van der Waals surface area (Å²) in [6.45, 7) is 0.794. The molecule has 33 heavy (non-hydrogen) atoms. The third-order valence-corrected chi connectivity index (χ3v) is 6.61. The average Bonchev–Trinajstić information content (AvgIpc) is 3.54. The maximum absolute atomic E-state index is 12.6. The molecular weight excluding hydrogens is 466 g/mol. The van der Waals surface area contributed by atoms with Crippen molar-refractivity contribution in [3.63, 3.8) is 0 Å². The first-order chi connectivity index (χ1) is 16.0. The predicted octanol–water partition coefficient (Wildman–Crippen LogP) is 2.84. The van der Waals surface area contributed by atoms with Gasteiger partial charge in [-0.2, -0.15) is 0 Å². The molecular formula is C22H21N3O6S2. The van der Waals surface area contributed by atoms with Crippen LogP contribution in [0.5, 0.6) is 11.5 Å². The number of nitrogens with zero attached hydrogens (tertiary/aromatic N) is 1. The van der Waals surface area contributed by atoms with Gasteiger partial charge in [-0.3, -0.25) is 24.1 Å². The number of thiophene rings is 1. The third-order valence-electron chi connectivity index (χ3n) is 4.84. The van der Waals surface area contributed by atoms with E-state index in [1.54, 1.807) is 36.4 Å². The van der Waals surface area contributed by atoms with E-state index < -0.39 is 5.91 Å². The molecule has 0 saturated carbocycles. The van der Waals surface area contributed by atoms with Gasteiger partial charge in [0, 0.05) is 26.1 Å². The molecule has 172 valence electrons. The van der Waals surface area contributed by atoms with Crippen LogP contribution in [0.25, 0.3) is 6.08 Å². The molecule has 2 aliphatic rings. The van der Waals surface area contributed by atoms with Gasteiger partial charge in [0.15, 0.2) is 11.5 Å². The van der Waals surface area contributed by atoms with Gasteiger partial charge < -0.3 is 20.1 Å². The van der Waals surface area contributed by atoms with Crippen LogP contribution >= 0.6 is 23.1 Å². The summed E-state index contributed by atoms with van der Waals surface area (Å²) in [5, 5.41) is 6.91. The van der Waals surface area contributed by atoms with Crippen molar-refractivity contribution in [2.24, 2.45) is 0 Å². The second-order valence-electron chi connectivity index (χ2n) is 7.13. The van der Waals surface area contributed by atoms with Gasteiger partial charge in [0.1, 0.15) is 0 Å². The number of amides is 4. The molecule has 1 fully saturated rings. The van der Waals surface area contributed by atoms with Gasteiger partial charge in [-0.25, -0.2) is 0 Å². The summed E-state index contributed by atoms with van der Waals surface area (Å²) >= 11 is 2.22. The number of carbonyl (C=O) groups excluding carboxylic acids is 4. The van der Waals surface area contributed by atoms with Gasteiger partial charge >= 0.3 is 0 Å². The lowest BCUT2D eigenvalue weighted by atomic mass is 10.2. The van der Waals surface area contributed by atoms with E-state index in [0.29, 0.717) is 34.2 Å². The molecule has 3 heterocycles. The highest BCUT2D eigenvalue weighted by Crippen LogP contribution is 2.36. The van der Waals surface area contributed by atoms with E-state index in [1.165, 1.54) is 11.3 Å². The van der Waals surface area contributed by atoms with Crippen LogP contribution in [0, 0.1) is 0 Å². The van der Waals surface area contributed by atoms with E-state index in [1.807, 2.05) is 5.38 Å². The van der Waals surface area contributed by atoms with Gasteiger partial charge in [-0.1, -0.05) is 12.1 Å². The zero-order valence-corrected chi connectivity index (χ0v) is 19.1. The number of hydrogen-bond donors (Lipinski definition) is 2. The minimum absolute atomic E-state index is 0.0873. The summed E-state index contributed by atoms with van der Waals surface area (Å²) in [4.78, 5) is 50.8. The molecule has 0 radical (unpaired) electrons. The number of imide groups is 1. The highest BCUT2D eigenvalue weighted by atomic mass is 32.2. The summed E-state index contributed by atoms with van der Waals surface area (Å²) in [7, 11) is 0. The molecule has 2 aromatic rings. The number of thioether (sulfide) groups is 1. The molecule has 1 aromatic carbocycles. The van der Waals surface area contributed by atoms with Crippen molar-refractivity contribution in [1.29, 1.82) is 0 Å². The highest BCUT2D eigenvalue weighted by molar-refractivity contribution is 8.18. The van der Waals surface area contributed by atoms with Crippen molar-refractivity contribution >= 4 is 52.1 Å². The van der Waals surface area contributed by atoms with Crippen LogP contribution in [0.1, 0.15) is 28.1 Å². The van der Waals surface area contributed by atoms with Crippen LogP contribution in [0.3, 0.4) is 0 Å². The fraction of sp³-hybridized carbons (Fsp3) is 0.273. The van der Waals surface area contributed by atoms with Gasteiger partial charge in [-0.15, -0.1) is 11.3 Å². The van der Waals surface area contributed by atoms with Crippen molar-refractivity contribution in [3.8, 4) is 11.5 Å². The number of ether oxygens (including phenoxy) is 2. The first-order valence-corrected chi connectivity index (χ1v) is 11.9. The van der Waals surface area contributed by atoms with Crippen LogP contribution in [0.15, 0.2) is 40.6 Å². The SMILES string of the molecule is O=C(CCCNC(=O)c1cccs1)NCCN1C(=O)S/C(=C\c2ccc3c(c2)OCO3)C1=O. The van der Waals surface area contributed by atoms with E-state index in [-0.39, 0.29) is 43.4 Å². The van der Waals surface area contributed by atoms with Crippen molar-refractivity contribution in [2.45, 2.75) is 12.8 Å². The van der Waals surface area contributed by atoms with E-state index in [0.717, 1.165) is 22.2 Å². The quantitative estimate of drug-likeness (QED) is 0.413. The van der Waals surface area contributed by atoms with Crippen molar-refractivity contribution in [1.82, 2.24) is 15.5 Å². The van der Waals surface area contributed by atoms with E-state index in [9.17, 15) is 19.2 Å². The Morgan fingerprint density at radius 2 is 1.94 bits per heavy atom. The first kappa shape index (κ1) is 22.9. The molecule has 1 saturated heterocycles. The lowest BCUT2D eigenvalue weighted by Crippen LogP contribution is -2.37. The first-order valence-electron chi connectivity index (χ1n) is 10.2. The Labute approximate surface area is 198 Å². The molecule has 4 amide bonds. The molecule has 0 aliphatic carbocycles. The summed E-state index contributed by atoms with van der Waals surface area (Å²) in [5.74, 6) is 0.479. The van der Waals surface area contributed by atoms with Gasteiger partial charge in [0.05, 0.1) is 9.78 Å². The zero-order valence-electron chi connectivity index (χ0n) is 17.5.